The van der Waals surface area contributed by atoms with Crippen LogP contribution in [-0.4, -0.2) is 18.0 Å². The van der Waals surface area contributed by atoms with Gasteiger partial charge in [-0.2, -0.15) is 0 Å². The zero-order valence-electron chi connectivity index (χ0n) is 9.21. The summed E-state index contributed by atoms with van der Waals surface area (Å²) in [5, 5.41) is 2.89. The first kappa shape index (κ1) is 13.0. The highest BCUT2D eigenvalue weighted by atomic mass is 16.1. The number of carbonyl (C=O) groups is 1. The highest BCUT2D eigenvalue weighted by Crippen LogP contribution is 2.03. The molecule has 0 saturated heterocycles. The highest BCUT2D eigenvalue weighted by Gasteiger charge is 2.18. The van der Waals surface area contributed by atoms with Crippen molar-refractivity contribution in [3.05, 3.63) is 0 Å². The maximum Gasteiger partial charge on any atom is 0.224 e. The first-order chi connectivity index (χ1) is 6.52. The second kappa shape index (κ2) is 6.44. The maximum atomic E-state index is 11.6. The minimum atomic E-state index is -0.165. The van der Waals surface area contributed by atoms with E-state index in [1.807, 2.05) is 20.8 Å². The molecule has 0 aromatic heterocycles. The lowest BCUT2D eigenvalue weighted by Gasteiger charge is -2.20. The van der Waals surface area contributed by atoms with Crippen molar-refractivity contribution < 1.29 is 4.79 Å². The van der Waals surface area contributed by atoms with Gasteiger partial charge < -0.3 is 11.1 Å². The van der Waals surface area contributed by atoms with Gasteiger partial charge in [-0.05, 0) is 13.3 Å². The van der Waals surface area contributed by atoms with Gasteiger partial charge in [0.05, 0.1) is 0 Å². The number of nitrogens with two attached hydrogens (primary N) is 1. The number of hydrogen-bond acceptors (Lipinski definition) is 2. The van der Waals surface area contributed by atoms with E-state index in [4.69, 9.17) is 12.2 Å². The van der Waals surface area contributed by atoms with Crippen LogP contribution >= 0.6 is 0 Å². The molecule has 0 fully saturated rings. The lowest BCUT2D eigenvalue weighted by Crippen LogP contribution is -2.43. The summed E-state index contributed by atoms with van der Waals surface area (Å²) in [5.74, 6) is 2.37. The average molecular weight is 196 g/mol. The molecule has 0 rings (SSSR count). The Morgan fingerprint density at radius 1 is 1.57 bits per heavy atom. The summed E-state index contributed by atoms with van der Waals surface area (Å²) < 4.78 is 0. The molecule has 0 radical (unpaired) electrons. The molecule has 0 aromatic rings. The van der Waals surface area contributed by atoms with E-state index >= 15 is 0 Å². The Balaban J connectivity index is 4.09. The fraction of sp³-hybridized carbons (Fsp3) is 0.727. The Bertz CT molecular complexity index is 218. The van der Waals surface area contributed by atoms with Gasteiger partial charge >= 0.3 is 0 Å². The standard InChI is InChI=1S/C11H20N2O/c1-5-7-10(6-2)13-11(14)8(3)9(4)12/h1,8-10H,6-7,12H2,2-4H3,(H,13,14). The molecular weight excluding hydrogens is 176 g/mol. The fourth-order valence-electron chi connectivity index (χ4n) is 1.01. The third-order valence-electron chi connectivity index (χ3n) is 2.41. The third-order valence-corrected chi connectivity index (χ3v) is 2.41. The molecule has 0 aliphatic heterocycles. The number of nitrogens with one attached hydrogen (secondary N) is 1. The highest BCUT2D eigenvalue weighted by molar-refractivity contribution is 5.79. The molecule has 3 unspecified atom stereocenters. The number of hydrogen-bond donors (Lipinski definition) is 2. The van der Waals surface area contributed by atoms with E-state index in [1.54, 1.807) is 0 Å². The van der Waals surface area contributed by atoms with Gasteiger partial charge in [0.1, 0.15) is 0 Å². The van der Waals surface area contributed by atoms with E-state index in [0.717, 1.165) is 6.42 Å². The summed E-state index contributed by atoms with van der Waals surface area (Å²) in [6.07, 6.45) is 6.62. The molecule has 3 atom stereocenters. The summed E-state index contributed by atoms with van der Waals surface area (Å²) in [4.78, 5) is 11.6. The van der Waals surface area contributed by atoms with Gasteiger partial charge in [0, 0.05) is 24.4 Å². The smallest absolute Gasteiger partial charge is 0.224 e. The van der Waals surface area contributed by atoms with Gasteiger partial charge in [0.25, 0.3) is 0 Å². The van der Waals surface area contributed by atoms with Crippen molar-refractivity contribution in [2.45, 2.75) is 45.7 Å². The van der Waals surface area contributed by atoms with Gasteiger partial charge in [-0.1, -0.05) is 13.8 Å². The fourth-order valence-corrected chi connectivity index (χ4v) is 1.01. The van der Waals surface area contributed by atoms with E-state index in [1.165, 1.54) is 0 Å². The minimum absolute atomic E-state index is 0.0119. The summed E-state index contributed by atoms with van der Waals surface area (Å²) in [5.41, 5.74) is 5.63. The topological polar surface area (TPSA) is 55.1 Å². The Morgan fingerprint density at radius 3 is 2.50 bits per heavy atom. The molecule has 0 spiro atoms. The number of carbonyl (C=O) groups excluding carboxylic acids is 1. The molecule has 0 aliphatic carbocycles. The van der Waals surface area contributed by atoms with Crippen LogP contribution in [0.15, 0.2) is 0 Å². The number of rotatable bonds is 5. The monoisotopic (exact) mass is 196 g/mol. The Morgan fingerprint density at radius 2 is 2.14 bits per heavy atom. The predicted molar refractivity (Wildman–Crippen MR) is 58.5 cm³/mol. The molecule has 0 aromatic carbocycles. The first-order valence-electron chi connectivity index (χ1n) is 5.02. The van der Waals surface area contributed by atoms with Crippen molar-refractivity contribution in [1.29, 1.82) is 0 Å². The van der Waals surface area contributed by atoms with E-state index in [0.29, 0.717) is 6.42 Å². The second-order valence-corrected chi connectivity index (χ2v) is 3.67. The van der Waals surface area contributed by atoms with Crippen molar-refractivity contribution >= 4 is 5.91 Å². The Labute approximate surface area is 86.4 Å². The Hall–Kier alpha value is -1.01. The van der Waals surface area contributed by atoms with Gasteiger partial charge in [0.2, 0.25) is 5.91 Å². The zero-order valence-corrected chi connectivity index (χ0v) is 9.21. The van der Waals surface area contributed by atoms with Crippen molar-refractivity contribution in [1.82, 2.24) is 5.32 Å². The molecule has 0 saturated carbocycles. The van der Waals surface area contributed by atoms with Crippen LogP contribution in [0.25, 0.3) is 0 Å². The van der Waals surface area contributed by atoms with E-state index < -0.39 is 0 Å². The van der Waals surface area contributed by atoms with Gasteiger partial charge in [0.15, 0.2) is 0 Å². The number of amides is 1. The minimum Gasteiger partial charge on any atom is -0.352 e. The maximum absolute atomic E-state index is 11.6. The van der Waals surface area contributed by atoms with Crippen LogP contribution in [0.2, 0.25) is 0 Å². The largest absolute Gasteiger partial charge is 0.352 e. The molecule has 0 heterocycles. The van der Waals surface area contributed by atoms with Crippen LogP contribution < -0.4 is 11.1 Å². The predicted octanol–water partition coefficient (Wildman–Crippen LogP) is 0.888. The average Bonchev–Trinajstić information content (AvgIpc) is 2.15. The quantitative estimate of drug-likeness (QED) is 0.642. The SMILES string of the molecule is C#CCC(CC)NC(=O)C(C)C(C)N. The van der Waals surface area contributed by atoms with Crippen LogP contribution in [0.3, 0.4) is 0 Å². The number of terminal acetylenes is 1. The van der Waals surface area contributed by atoms with Gasteiger partial charge in [-0.25, -0.2) is 0 Å². The normalized spacial score (nSPS) is 16.5. The van der Waals surface area contributed by atoms with Crippen molar-refractivity contribution in [2.24, 2.45) is 11.7 Å². The van der Waals surface area contributed by atoms with Crippen LogP contribution in [0.4, 0.5) is 0 Å². The van der Waals surface area contributed by atoms with Crippen molar-refractivity contribution in [3.63, 3.8) is 0 Å². The van der Waals surface area contributed by atoms with Crippen molar-refractivity contribution in [2.75, 3.05) is 0 Å². The third kappa shape index (κ3) is 4.29. The Kier molecular flexibility index (Phi) is 5.98. The molecule has 14 heavy (non-hydrogen) atoms. The van der Waals surface area contributed by atoms with E-state index in [2.05, 4.69) is 11.2 Å². The molecule has 3 heteroatoms. The molecule has 3 nitrogen and oxygen atoms in total. The van der Waals surface area contributed by atoms with E-state index in [9.17, 15) is 4.79 Å². The summed E-state index contributed by atoms with van der Waals surface area (Å²) in [6.45, 7) is 5.65. The van der Waals surface area contributed by atoms with Crippen LogP contribution in [0.1, 0.15) is 33.6 Å². The van der Waals surface area contributed by atoms with Gasteiger partial charge in [-0.3, -0.25) is 4.79 Å². The summed E-state index contributed by atoms with van der Waals surface area (Å²) >= 11 is 0. The van der Waals surface area contributed by atoms with Crippen molar-refractivity contribution in [3.8, 4) is 12.3 Å². The molecule has 1 amide bonds. The first-order valence-corrected chi connectivity index (χ1v) is 5.02. The zero-order chi connectivity index (χ0) is 11.1. The van der Waals surface area contributed by atoms with Crippen LogP contribution in [0, 0.1) is 18.3 Å². The summed E-state index contributed by atoms with van der Waals surface area (Å²) in [6, 6.07) is -0.0490. The lowest BCUT2D eigenvalue weighted by molar-refractivity contribution is -0.125. The summed E-state index contributed by atoms with van der Waals surface area (Å²) in [7, 11) is 0. The van der Waals surface area contributed by atoms with Crippen LogP contribution in [-0.2, 0) is 4.79 Å². The van der Waals surface area contributed by atoms with Crippen LogP contribution in [0.5, 0.6) is 0 Å². The second-order valence-electron chi connectivity index (χ2n) is 3.67. The lowest BCUT2D eigenvalue weighted by atomic mass is 10.0. The molecule has 3 N–H and O–H groups in total. The molecule has 0 bridgehead atoms. The molecule has 0 aliphatic rings. The molecule has 80 valence electrons. The van der Waals surface area contributed by atoms with Gasteiger partial charge in [-0.15, -0.1) is 12.3 Å². The van der Waals surface area contributed by atoms with E-state index in [-0.39, 0.29) is 23.9 Å². The molecular formula is C11H20N2O.